The van der Waals surface area contributed by atoms with E-state index in [-0.39, 0.29) is 5.75 Å². The molecule has 3 N–H and O–H groups in total. The summed E-state index contributed by atoms with van der Waals surface area (Å²) in [4.78, 5) is 0. The monoisotopic (exact) mass is 245 g/mol. The standard InChI is InChI=1S/C12H17F2NO2/c1-2-4-10(16)11(15)8-5-3-6-9(7-8)17-12(13)14/h3,5-7,10-12,16H,2,4,15H2,1H3/t10-,11+/m0/s1. The normalized spacial score (nSPS) is 14.7. The number of hydrogen-bond acceptors (Lipinski definition) is 3. The fraction of sp³-hybridized carbons (Fsp3) is 0.500. The van der Waals surface area contributed by atoms with E-state index in [1.165, 1.54) is 12.1 Å². The maximum absolute atomic E-state index is 12.0. The number of aliphatic hydroxyl groups excluding tert-OH is 1. The Hall–Kier alpha value is -1.20. The molecule has 0 aliphatic heterocycles. The van der Waals surface area contributed by atoms with Crippen LogP contribution in [0.2, 0.25) is 0 Å². The molecule has 0 saturated carbocycles. The van der Waals surface area contributed by atoms with Crippen molar-refractivity contribution in [1.82, 2.24) is 0 Å². The number of rotatable bonds is 6. The molecule has 1 aromatic rings. The van der Waals surface area contributed by atoms with Gasteiger partial charge in [0.25, 0.3) is 0 Å². The Morgan fingerprint density at radius 1 is 1.41 bits per heavy atom. The lowest BCUT2D eigenvalue weighted by Crippen LogP contribution is -2.25. The quantitative estimate of drug-likeness (QED) is 0.809. The van der Waals surface area contributed by atoms with Crippen LogP contribution in [0.15, 0.2) is 24.3 Å². The molecule has 96 valence electrons. The van der Waals surface area contributed by atoms with Crippen molar-refractivity contribution < 1.29 is 18.6 Å². The molecule has 0 aliphatic carbocycles. The van der Waals surface area contributed by atoms with E-state index < -0.39 is 18.8 Å². The van der Waals surface area contributed by atoms with Gasteiger partial charge >= 0.3 is 6.61 Å². The van der Waals surface area contributed by atoms with Gasteiger partial charge < -0.3 is 15.6 Å². The average Bonchev–Trinajstić information content (AvgIpc) is 2.28. The molecule has 17 heavy (non-hydrogen) atoms. The van der Waals surface area contributed by atoms with E-state index in [2.05, 4.69) is 4.74 Å². The third-order valence-electron chi connectivity index (χ3n) is 2.47. The molecule has 0 unspecified atom stereocenters. The predicted molar refractivity (Wildman–Crippen MR) is 60.9 cm³/mol. The number of alkyl halides is 2. The molecule has 0 bridgehead atoms. The van der Waals surface area contributed by atoms with E-state index in [0.717, 1.165) is 6.42 Å². The fourth-order valence-corrected chi connectivity index (χ4v) is 1.60. The summed E-state index contributed by atoms with van der Waals surface area (Å²) in [6, 6.07) is 5.52. The predicted octanol–water partition coefficient (Wildman–Crippen LogP) is 2.45. The van der Waals surface area contributed by atoms with E-state index in [0.29, 0.717) is 12.0 Å². The molecule has 0 spiro atoms. The van der Waals surface area contributed by atoms with Gasteiger partial charge in [0.1, 0.15) is 5.75 Å². The first-order valence-corrected chi connectivity index (χ1v) is 5.53. The third kappa shape index (κ3) is 4.28. The van der Waals surface area contributed by atoms with E-state index in [4.69, 9.17) is 5.73 Å². The Morgan fingerprint density at radius 2 is 2.12 bits per heavy atom. The molecule has 0 saturated heterocycles. The molecule has 0 aliphatic rings. The largest absolute Gasteiger partial charge is 0.435 e. The van der Waals surface area contributed by atoms with Gasteiger partial charge in [-0.3, -0.25) is 0 Å². The molecule has 0 aromatic heterocycles. The van der Waals surface area contributed by atoms with Crippen LogP contribution in [0.25, 0.3) is 0 Å². The molecular formula is C12H17F2NO2. The van der Waals surface area contributed by atoms with Crippen LogP contribution in [0.3, 0.4) is 0 Å². The van der Waals surface area contributed by atoms with Crippen molar-refractivity contribution in [3.63, 3.8) is 0 Å². The number of benzene rings is 1. The summed E-state index contributed by atoms with van der Waals surface area (Å²) < 4.78 is 28.3. The van der Waals surface area contributed by atoms with Crippen LogP contribution in [0, 0.1) is 0 Å². The van der Waals surface area contributed by atoms with Crippen LogP contribution < -0.4 is 10.5 Å². The second-order valence-electron chi connectivity index (χ2n) is 3.83. The van der Waals surface area contributed by atoms with Crippen LogP contribution in [0.5, 0.6) is 5.75 Å². The van der Waals surface area contributed by atoms with Gasteiger partial charge in [-0.1, -0.05) is 25.5 Å². The average molecular weight is 245 g/mol. The second-order valence-corrected chi connectivity index (χ2v) is 3.83. The molecule has 0 amide bonds. The van der Waals surface area contributed by atoms with Crippen molar-refractivity contribution in [2.45, 2.75) is 38.5 Å². The Bertz CT molecular complexity index is 347. The van der Waals surface area contributed by atoms with Crippen molar-refractivity contribution >= 4 is 0 Å². The Balaban J connectivity index is 2.76. The number of halogens is 2. The van der Waals surface area contributed by atoms with Gasteiger partial charge in [-0.25, -0.2) is 0 Å². The summed E-state index contributed by atoms with van der Waals surface area (Å²) in [7, 11) is 0. The minimum absolute atomic E-state index is 0.0525. The Morgan fingerprint density at radius 3 is 2.71 bits per heavy atom. The summed E-state index contributed by atoms with van der Waals surface area (Å²) in [6.45, 7) is -0.922. The van der Waals surface area contributed by atoms with Gasteiger partial charge in [0.2, 0.25) is 0 Å². The lowest BCUT2D eigenvalue weighted by Gasteiger charge is -2.19. The van der Waals surface area contributed by atoms with Gasteiger partial charge in [0.05, 0.1) is 12.1 Å². The topological polar surface area (TPSA) is 55.5 Å². The first-order chi connectivity index (χ1) is 8.04. The first-order valence-electron chi connectivity index (χ1n) is 5.53. The van der Waals surface area contributed by atoms with E-state index in [1.807, 2.05) is 6.92 Å². The van der Waals surface area contributed by atoms with Crippen LogP contribution in [0.4, 0.5) is 8.78 Å². The Kier molecular flexibility index (Phi) is 5.31. The number of aliphatic hydroxyl groups is 1. The fourth-order valence-electron chi connectivity index (χ4n) is 1.60. The summed E-state index contributed by atoms with van der Waals surface area (Å²) in [5, 5.41) is 9.73. The van der Waals surface area contributed by atoms with Crippen molar-refractivity contribution in [3.8, 4) is 5.75 Å². The lowest BCUT2D eigenvalue weighted by atomic mass is 9.99. The molecule has 0 heterocycles. The highest BCUT2D eigenvalue weighted by Gasteiger charge is 2.16. The molecule has 2 atom stereocenters. The summed E-state index contributed by atoms with van der Waals surface area (Å²) in [6.07, 6.45) is 0.699. The first kappa shape index (κ1) is 13.9. The lowest BCUT2D eigenvalue weighted by molar-refractivity contribution is -0.0499. The highest BCUT2D eigenvalue weighted by molar-refractivity contribution is 5.31. The third-order valence-corrected chi connectivity index (χ3v) is 2.47. The summed E-state index contributed by atoms with van der Waals surface area (Å²) in [5.74, 6) is 0.0525. The SMILES string of the molecule is CCC[C@H](O)[C@H](N)c1cccc(OC(F)F)c1. The number of hydrogen-bond donors (Lipinski definition) is 2. The van der Waals surface area contributed by atoms with Crippen molar-refractivity contribution in [1.29, 1.82) is 0 Å². The van der Waals surface area contributed by atoms with Crippen LogP contribution in [0.1, 0.15) is 31.4 Å². The van der Waals surface area contributed by atoms with Gasteiger partial charge in [-0.15, -0.1) is 0 Å². The smallest absolute Gasteiger partial charge is 0.387 e. The van der Waals surface area contributed by atoms with Crippen LogP contribution >= 0.6 is 0 Å². The second kappa shape index (κ2) is 6.51. The maximum Gasteiger partial charge on any atom is 0.387 e. The maximum atomic E-state index is 12.0. The van der Waals surface area contributed by atoms with Gasteiger partial charge in [-0.2, -0.15) is 8.78 Å². The summed E-state index contributed by atoms with van der Waals surface area (Å²) >= 11 is 0. The van der Waals surface area contributed by atoms with Gasteiger partial charge in [0, 0.05) is 0 Å². The molecule has 0 radical (unpaired) electrons. The van der Waals surface area contributed by atoms with Crippen molar-refractivity contribution in [3.05, 3.63) is 29.8 Å². The van der Waals surface area contributed by atoms with E-state index in [9.17, 15) is 13.9 Å². The highest BCUT2D eigenvalue weighted by Crippen LogP contribution is 2.22. The molecule has 3 nitrogen and oxygen atoms in total. The van der Waals surface area contributed by atoms with Gasteiger partial charge in [0.15, 0.2) is 0 Å². The van der Waals surface area contributed by atoms with Crippen LogP contribution in [-0.2, 0) is 0 Å². The molecule has 1 rings (SSSR count). The zero-order valence-corrected chi connectivity index (χ0v) is 9.64. The number of nitrogens with two attached hydrogens (primary N) is 1. The van der Waals surface area contributed by atoms with Gasteiger partial charge in [-0.05, 0) is 24.1 Å². The zero-order chi connectivity index (χ0) is 12.8. The van der Waals surface area contributed by atoms with Crippen molar-refractivity contribution in [2.24, 2.45) is 5.73 Å². The molecule has 0 fully saturated rings. The van der Waals surface area contributed by atoms with Crippen molar-refractivity contribution in [2.75, 3.05) is 0 Å². The Labute approximate surface area is 99.2 Å². The van der Waals surface area contributed by atoms with E-state index in [1.54, 1.807) is 12.1 Å². The molecule has 1 aromatic carbocycles. The van der Waals surface area contributed by atoms with E-state index >= 15 is 0 Å². The molecule has 5 heteroatoms. The molecular weight excluding hydrogens is 228 g/mol. The van der Waals surface area contributed by atoms with Crippen LogP contribution in [-0.4, -0.2) is 17.8 Å². The minimum atomic E-state index is -2.86. The number of ether oxygens (including phenoxy) is 1. The summed E-state index contributed by atoms with van der Waals surface area (Å²) in [5.41, 5.74) is 6.42. The highest BCUT2D eigenvalue weighted by atomic mass is 19.3. The zero-order valence-electron chi connectivity index (χ0n) is 9.64. The minimum Gasteiger partial charge on any atom is -0.435 e.